The first-order chi connectivity index (χ1) is 14.3. The van der Waals surface area contributed by atoms with Crippen molar-refractivity contribution in [3.05, 3.63) is 63.9 Å². The zero-order chi connectivity index (χ0) is 21.8. The molecule has 1 N–H and O–H groups in total. The van der Waals surface area contributed by atoms with Gasteiger partial charge in [0.15, 0.2) is 5.16 Å². The number of amides is 1. The summed E-state index contributed by atoms with van der Waals surface area (Å²) in [4.78, 5) is 30.8. The van der Waals surface area contributed by atoms with E-state index in [1.165, 1.54) is 11.8 Å². The molecule has 0 fully saturated rings. The molecule has 0 saturated heterocycles. The van der Waals surface area contributed by atoms with E-state index in [2.05, 4.69) is 19.2 Å². The maximum Gasteiger partial charge on any atom is 0.266 e. The molecule has 0 spiro atoms. The molecule has 5 nitrogen and oxygen atoms in total. The second-order valence-corrected chi connectivity index (χ2v) is 9.38. The second-order valence-electron chi connectivity index (χ2n) is 8.08. The number of benzene rings is 2. The number of aryl methyl sites for hydroxylation is 2. The largest absolute Gasteiger partial charge is 0.355 e. The minimum Gasteiger partial charge on any atom is -0.355 e. The third kappa shape index (κ3) is 4.93. The summed E-state index contributed by atoms with van der Waals surface area (Å²) in [5.41, 5.74) is 3.36. The number of hydrogen-bond acceptors (Lipinski definition) is 4. The number of nitrogens with one attached hydrogen (secondary N) is 1. The molecule has 1 amide bonds. The van der Waals surface area contributed by atoms with Crippen LogP contribution in [0.15, 0.2) is 52.4 Å². The summed E-state index contributed by atoms with van der Waals surface area (Å²) in [6.45, 7) is 10.7. The normalized spacial score (nSPS) is 12.3. The van der Waals surface area contributed by atoms with Crippen LogP contribution in [0.1, 0.15) is 38.3 Å². The van der Waals surface area contributed by atoms with Gasteiger partial charge in [-0.3, -0.25) is 14.2 Å². The Morgan fingerprint density at radius 3 is 2.60 bits per heavy atom. The third-order valence-electron chi connectivity index (χ3n) is 5.02. The highest BCUT2D eigenvalue weighted by Crippen LogP contribution is 2.27. The van der Waals surface area contributed by atoms with Crippen molar-refractivity contribution >= 4 is 28.6 Å². The number of rotatable bonds is 7. The second kappa shape index (κ2) is 9.47. The number of thioether (sulfide) groups is 1. The van der Waals surface area contributed by atoms with Gasteiger partial charge >= 0.3 is 0 Å². The van der Waals surface area contributed by atoms with Crippen LogP contribution in [0.3, 0.4) is 0 Å². The van der Waals surface area contributed by atoms with Crippen molar-refractivity contribution in [3.63, 3.8) is 0 Å². The lowest BCUT2D eigenvalue weighted by Crippen LogP contribution is -2.33. The molecule has 0 aliphatic rings. The van der Waals surface area contributed by atoms with E-state index in [4.69, 9.17) is 4.98 Å². The molecule has 0 saturated carbocycles. The molecular formula is C24H29N3O2S. The molecule has 0 aliphatic carbocycles. The number of para-hydroxylation sites is 1. The van der Waals surface area contributed by atoms with Gasteiger partial charge in [-0.25, -0.2) is 4.98 Å². The zero-order valence-electron chi connectivity index (χ0n) is 18.2. The fourth-order valence-electron chi connectivity index (χ4n) is 3.20. The smallest absolute Gasteiger partial charge is 0.266 e. The molecule has 6 heteroatoms. The lowest BCUT2D eigenvalue weighted by molar-refractivity contribution is -0.120. The predicted molar refractivity (Wildman–Crippen MR) is 125 cm³/mol. The van der Waals surface area contributed by atoms with Gasteiger partial charge in [-0.15, -0.1) is 0 Å². The highest BCUT2D eigenvalue weighted by Gasteiger charge is 2.21. The van der Waals surface area contributed by atoms with E-state index in [0.717, 1.165) is 23.2 Å². The molecule has 0 aliphatic heterocycles. The quantitative estimate of drug-likeness (QED) is 0.444. The highest BCUT2D eigenvalue weighted by molar-refractivity contribution is 8.00. The fraction of sp³-hybridized carbons (Fsp3) is 0.375. The lowest BCUT2D eigenvalue weighted by atomic mass is 10.1. The first kappa shape index (κ1) is 22.1. The fourth-order valence-corrected chi connectivity index (χ4v) is 4.15. The number of aromatic nitrogens is 2. The first-order valence-corrected chi connectivity index (χ1v) is 11.2. The van der Waals surface area contributed by atoms with E-state index in [0.29, 0.717) is 28.5 Å². The number of fused-ring (bicyclic) bond motifs is 1. The van der Waals surface area contributed by atoms with Crippen molar-refractivity contribution in [2.24, 2.45) is 5.92 Å². The van der Waals surface area contributed by atoms with Crippen molar-refractivity contribution in [2.75, 3.05) is 6.54 Å². The minimum absolute atomic E-state index is 0.0458. The van der Waals surface area contributed by atoms with Crippen LogP contribution >= 0.6 is 11.8 Å². The van der Waals surface area contributed by atoms with E-state index >= 15 is 0 Å². The predicted octanol–water partition coefficient (Wildman–Crippen LogP) is 4.65. The van der Waals surface area contributed by atoms with Crippen LogP contribution < -0.4 is 10.9 Å². The van der Waals surface area contributed by atoms with Gasteiger partial charge in [-0.05, 0) is 62.4 Å². The molecule has 0 radical (unpaired) electrons. The molecule has 30 heavy (non-hydrogen) atoms. The van der Waals surface area contributed by atoms with Crippen molar-refractivity contribution in [2.45, 2.75) is 51.4 Å². The van der Waals surface area contributed by atoms with E-state index in [1.54, 1.807) is 10.6 Å². The molecule has 1 unspecified atom stereocenters. The average molecular weight is 424 g/mol. The van der Waals surface area contributed by atoms with Crippen LogP contribution in [-0.4, -0.2) is 27.3 Å². The van der Waals surface area contributed by atoms with Crippen LogP contribution in [0.5, 0.6) is 0 Å². The summed E-state index contributed by atoms with van der Waals surface area (Å²) in [7, 11) is 0. The van der Waals surface area contributed by atoms with Gasteiger partial charge < -0.3 is 5.32 Å². The summed E-state index contributed by atoms with van der Waals surface area (Å²) < 4.78 is 1.65. The Kier molecular flexibility index (Phi) is 6.98. The molecule has 1 aromatic heterocycles. The van der Waals surface area contributed by atoms with Crippen molar-refractivity contribution in [3.8, 4) is 5.69 Å². The van der Waals surface area contributed by atoms with Crippen molar-refractivity contribution in [1.82, 2.24) is 14.9 Å². The average Bonchev–Trinajstić information content (AvgIpc) is 2.70. The Labute approximate surface area is 181 Å². The van der Waals surface area contributed by atoms with Gasteiger partial charge in [0, 0.05) is 6.54 Å². The van der Waals surface area contributed by atoms with Crippen LogP contribution in [0.4, 0.5) is 0 Å². The maximum atomic E-state index is 13.4. The number of carbonyl (C=O) groups excluding carboxylic acids is 1. The van der Waals surface area contributed by atoms with Crippen LogP contribution in [-0.2, 0) is 4.79 Å². The van der Waals surface area contributed by atoms with Gasteiger partial charge in [0.2, 0.25) is 5.91 Å². The SMILES string of the molecule is Cc1ccc(C)c(-n2c(SC(C)C(=O)NCCC(C)C)nc3ccccc3c2=O)c1. The van der Waals surface area contributed by atoms with Crippen molar-refractivity contribution < 1.29 is 4.79 Å². The summed E-state index contributed by atoms with van der Waals surface area (Å²) in [6.07, 6.45) is 0.935. The number of hydrogen-bond donors (Lipinski definition) is 1. The summed E-state index contributed by atoms with van der Waals surface area (Å²) >= 11 is 1.32. The maximum absolute atomic E-state index is 13.4. The third-order valence-corrected chi connectivity index (χ3v) is 6.08. The molecule has 3 aromatic rings. The van der Waals surface area contributed by atoms with Gasteiger partial charge in [-0.1, -0.05) is 49.9 Å². The van der Waals surface area contributed by atoms with Crippen molar-refractivity contribution in [1.29, 1.82) is 0 Å². The lowest BCUT2D eigenvalue weighted by Gasteiger charge is -2.18. The Morgan fingerprint density at radius 1 is 1.13 bits per heavy atom. The van der Waals surface area contributed by atoms with Gasteiger partial charge in [0.25, 0.3) is 5.56 Å². The van der Waals surface area contributed by atoms with E-state index in [-0.39, 0.29) is 16.7 Å². The topological polar surface area (TPSA) is 64.0 Å². The Balaban J connectivity index is 2.04. The molecule has 158 valence electrons. The molecule has 2 aromatic carbocycles. The van der Waals surface area contributed by atoms with Crippen LogP contribution in [0.25, 0.3) is 16.6 Å². The summed E-state index contributed by atoms with van der Waals surface area (Å²) in [5.74, 6) is 0.487. The van der Waals surface area contributed by atoms with Crippen LogP contribution in [0.2, 0.25) is 0 Å². The van der Waals surface area contributed by atoms with Gasteiger partial charge in [0.05, 0.1) is 21.8 Å². The van der Waals surface area contributed by atoms with Crippen LogP contribution in [0, 0.1) is 19.8 Å². The van der Waals surface area contributed by atoms with E-state index in [9.17, 15) is 9.59 Å². The Hall–Kier alpha value is -2.60. The number of carbonyl (C=O) groups is 1. The summed E-state index contributed by atoms with van der Waals surface area (Å²) in [6, 6.07) is 13.4. The Morgan fingerprint density at radius 2 is 1.87 bits per heavy atom. The standard InChI is InChI=1S/C24H29N3O2S/c1-15(2)12-13-25-22(28)18(5)30-24-26-20-9-7-6-8-19(20)23(29)27(24)21-14-16(3)10-11-17(21)4/h6-11,14-15,18H,12-13H2,1-5H3,(H,25,28). The molecule has 1 atom stereocenters. The van der Waals surface area contributed by atoms with Gasteiger partial charge in [-0.2, -0.15) is 0 Å². The number of nitrogens with zero attached hydrogens (tertiary/aromatic N) is 2. The Bertz CT molecular complexity index is 1120. The molecule has 0 bridgehead atoms. The summed E-state index contributed by atoms with van der Waals surface area (Å²) in [5, 5.41) is 3.71. The van der Waals surface area contributed by atoms with E-state index < -0.39 is 0 Å². The first-order valence-electron chi connectivity index (χ1n) is 10.3. The van der Waals surface area contributed by atoms with E-state index in [1.807, 2.05) is 57.2 Å². The van der Waals surface area contributed by atoms with Gasteiger partial charge in [0.1, 0.15) is 0 Å². The zero-order valence-corrected chi connectivity index (χ0v) is 19.0. The molecular weight excluding hydrogens is 394 g/mol. The monoisotopic (exact) mass is 423 g/mol. The molecule has 1 heterocycles. The highest BCUT2D eigenvalue weighted by atomic mass is 32.2. The molecule has 3 rings (SSSR count). The minimum atomic E-state index is -0.374.